The summed E-state index contributed by atoms with van der Waals surface area (Å²) in [5.41, 5.74) is -0.368. The molecule has 0 aliphatic heterocycles. The molecule has 3 nitrogen and oxygen atoms in total. The van der Waals surface area contributed by atoms with Gasteiger partial charge in [-0.15, -0.1) is 0 Å². The van der Waals surface area contributed by atoms with Crippen LogP contribution in [0.15, 0.2) is 11.5 Å². The molecule has 0 aliphatic rings. The molecular formula is C8H18O3S. The van der Waals surface area contributed by atoms with E-state index in [2.05, 4.69) is 0 Å². The average Bonchev–Trinajstić information content (AvgIpc) is 1.51. The van der Waals surface area contributed by atoms with Gasteiger partial charge >= 0.3 is 0 Å². The molecule has 0 bridgehead atoms. The zero-order valence-electron chi connectivity index (χ0n) is 8.07. The van der Waals surface area contributed by atoms with Crippen molar-refractivity contribution in [2.45, 2.75) is 27.7 Å². The van der Waals surface area contributed by atoms with Gasteiger partial charge in [0, 0.05) is 5.41 Å². The Morgan fingerprint density at radius 2 is 1.75 bits per heavy atom. The molecule has 0 saturated carbocycles. The van der Waals surface area contributed by atoms with E-state index in [9.17, 15) is 13.3 Å². The molecule has 0 spiro atoms. The normalized spacial score (nSPS) is 17.7. The maximum Gasteiger partial charge on any atom is 0.102 e. The van der Waals surface area contributed by atoms with Crippen molar-refractivity contribution in [3.05, 3.63) is 11.5 Å². The molecule has 0 heterocycles. The fourth-order valence-corrected chi connectivity index (χ4v) is 3.41. The third-order valence-electron chi connectivity index (χ3n) is 1.11. The van der Waals surface area contributed by atoms with Crippen LogP contribution in [0.25, 0.3) is 0 Å². The van der Waals surface area contributed by atoms with Gasteiger partial charge in [0.1, 0.15) is 9.63 Å². The zero-order valence-corrected chi connectivity index (χ0v) is 8.89. The lowest BCUT2D eigenvalue weighted by Crippen LogP contribution is -2.38. The van der Waals surface area contributed by atoms with Crippen LogP contribution < -0.4 is 0 Å². The van der Waals surface area contributed by atoms with E-state index in [1.54, 1.807) is 27.7 Å². The highest BCUT2D eigenvalue weighted by atomic mass is 32.3. The van der Waals surface area contributed by atoms with Gasteiger partial charge in [-0.1, -0.05) is 26.8 Å². The molecule has 0 aromatic carbocycles. The van der Waals surface area contributed by atoms with Gasteiger partial charge in [-0.25, -0.2) is 4.21 Å². The molecule has 0 saturated heterocycles. The predicted octanol–water partition coefficient (Wildman–Crippen LogP) is 2.33. The highest BCUT2D eigenvalue weighted by Gasteiger charge is 2.32. The first-order valence-corrected chi connectivity index (χ1v) is 5.93. The standard InChI is InChI=1S/C8H18O3S/c1-5-6-12(9,10,11)7-8(2,3)4/h5-6H,7H2,1-4H3,(H2,9,10,11)/b6-5+. The number of hydrogen-bond donors (Lipinski definition) is 2. The first kappa shape index (κ1) is 11.8. The third-order valence-corrected chi connectivity index (χ3v) is 3.34. The Labute approximate surface area is 73.9 Å². The minimum atomic E-state index is -4.49. The Kier molecular flexibility index (Phi) is 2.89. The van der Waals surface area contributed by atoms with E-state index in [1.807, 2.05) is 0 Å². The van der Waals surface area contributed by atoms with Gasteiger partial charge in [0.2, 0.25) is 0 Å². The molecule has 0 aromatic heterocycles. The van der Waals surface area contributed by atoms with Crippen molar-refractivity contribution in [1.82, 2.24) is 0 Å². The lowest BCUT2D eigenvalue weighted by atomic mass is 10.0. The van der Waals surface area contributed by atoms with Crippen LogP contribution in [0.4, 0.5) is 0 Å². The summed E-state index contributed by atoms with van der Waals surface area (Å²) in [7, 11) is -4.49. The summed E-state index contributed by atoms with van der Waals surface area (Å²) in [6.45, 7) is 7.01. The van der Waals surface area contributed by atoms with Crippen molar-refractivity contribution in [3.8, 4) is 0 Å². The van der Waals surface area contributed by atoms with E-state index in [4.69, 9.17) is 0 Å². The van der Waals surface area contributed by atoms with Crippen LogP contribution in [0.5, 0.6) is 0 Å². The largest absolute Gasteiger partial charge is 0.305 e. The van der Waals surface area contributed by atoms with E-state index in [1.165, 1.54) is 6.08 Å². The first-order chi connectivity index (χ1) is 5.03. The molecular weight excluding hydrogens is 176 g/mol. The van der Waals surface area contributed by atoms with Gasteiger partial charge in [0.05, 0.1) is 5.75 Å². The number of hydrogen-bond acceptors (Lipinski definition) is 1. The second-order valence-corrected chi connectivity index (χ2v) is 6.98. The molecule has 2 N–H and O–H groups in total. The van der Waals surface area contributed by atoms with Crippen LogP contribution >= 0.6 is 0 Å². The second-order valence-electron chi connectivity index (χ2n) is 4.25. The summed E-state index contributed by atoms with van der Waals surface area (Å²) in [6, 6.07) is 0. The van der Waals surface area contributed by atoms with Crippen LogP contribution in [-0.4, -0.2) is 19.1 Å². The molecule has 74 valence electrons. The van der Waals surface area contributed by atoms with Gasteiger partial charge in [-0.2, -0.15) is 0 Å². The quantitative estimate of drug-likeness (QED) is 0.709. The Morgan fingerprint density at radius 3 is 2.00 bits per heavy atom. The first-order valence-electron chi connectivity index (χ1n) is 3.82. The van der Waals surface area contributed by atoms with Gasteiger partial charge in [-0.05, 0) is 12.3 Å². The highest BCUT2D eigenvalue weighted by Crippen LogP contribution is 2.28. The smallest absolute Gasteiger partial charge is 0.102 e. The molecule has 12 heavy (non-hydrogen) atoms. The van der Waals surface area contributed by atoms with Crippen molar-refractivity contribution in [2.75, 3.05) is 5.75 Å². The zero-order chi connectivity index (χ0) is 10.1. The van der Waals surface area contributed by atoms with Gasteiger partial charge in [0.15, 0.2) is 0 Å². The summed E-state index contributed by atoms with van der Waals surface area (Å²) in [4.78, 5) is 0. The summed E-state index contributed by atoms with van der Waals surface area (Å²) in [6.07, 6.45) is 1.39. The average molecular weight is 194 g/mol. The molecule has 0 aromatic rings. The maximum absolute atomic E-state index is 11.4. The van der Waals surface area contributed by atoms with Crippen LogP contribution in [0.3, 0.4) is 0 Å². The molecule has 0 radical (unpaired) electrons. The summed E-state index contributed by atoms with van der Waals surface area (Å²) in [5, 5.41) is 0.975. The minimum absolute atomic E-state index is 0.130. The summed E-state index contributed by atoms with van der Waals surface area (Å²) >= 11 is 0. The summed E-state index contributed by atoms with van der Waals surface area (Å²) < 4.78 is 30.1. The lowest BCUT2D eigenvalue weighted by Gasteiger charge is -2.33. The highest BCUT2D eigenvalue weighted by molar-refractivity contribution is 8.12. The van der Waals surface area contributed by atoms with Crippen LogP contribution in [0.2, 0.25) is 0 Å². The Balaban J connectivity index is 4.74. The Bertz CT molecular complexity index is 242. The molecule has 0 unspecified atom stereocenters. The van der Waals surface area contributed by atoms with Gasteiger partial charge in [-0.3, -0.25) is 0 Å². The summed E-state index contributed by atoms with van der Waals surface area (Å²) in [5.74, 6) is -0.130. The number of allylic oxidation sites excluding steroid dienone is 1. The lowest BCUT2D eigenvalue weighted by molar-refractivity contribution is 0.366. The van der Waals surface area contributed by atoms with Crippen LogP contribution in [-0.2, 0) is 9.63 Å². The van der Waals surface area contributed by atoms with Crippen molar-refractivity contribution in [3.63, 3.8) is 0 Å². The van der Waals surface area contributed by atoms with Crippen molar-refractivity contribution < 1.29 is 13.3 Å². The molecule has 0 fully saturated rings. The van der Waals surface area contributed by atoms with E-state index >= 15 is 0 Å². The fourth-order valence-electron chi connectivity index (χ4n) is 1.14. The Morgan fingerprint density at radius 1 is 1.33 bits per heavy atom. The van der Waals surface area contributed by atoms with Crippen molar-refractivity contribution in [2.24, 2.45) is 5.41 Å². The van der Waals surface area contributed by atoms with Gasteiger partial charge < -0.3 is 9.11 Å². The Hall–Kier alpha value is -0.190. The SMILES string of the molecule is C/C=C/S(=O)(O)(O)CC(C)(C)C. The molecule has 0 atom stereocenters. The maximum atomic E-state index is 11.4. The van der Waals surface area contributed by atoms with Crippen molar-refractivity contribution in [1.29, 1.82) is 0 Å². The second kappa shape index (κ2) is 2.94. The molecule has 4 heteroatoms. The monoisotopic (exact) mass is 194 g/mol. The number of rotatable bonds is 2. The van der Waals surface area contributed by atoms with E-state index in [-0.39, 0.29) is 11.2 Å². The van der Waals surface area contributed by atoms with E-state index < -0.39 is 9.63 Å². The minimum Gasteiger partial charge on any atom is -0.305 e. The van der Waals surface area contributed by atoms with Crippen molar-refractivity contribution >= 4 is 9.63 Å². The predicted molar refractivity (Wildman–Crippen MR) is 52.5 cm³/mol. The third kappa shape index (κ3) is 5.46. The molecule has 0 rings (SSSR count). The van der Waals surface area contributed by atoms with E-state index in [0.717, 1.165) is 5.41 Å². The molecule has 0 amide bonds. The molecule has 0 aliphatic carbocycles. The van der Waals surface area contributed by atoms with Crippen LogP contribution in [0.1, 0.15) is 27.7 Å². The van der Waals surface area contributed by atoms with E-state index in [0.29, 0.717) is 0 Å². The fraction of sp³-hybridized carbons (Fsp3) is 0.750. The topological polar surface area (TPSA) is 57.5 Å². The van der Waals surface area contributed by atoms with Crippen LogP contribution in [0, 0.1) is 5.41 Å². The van der Waals surface area contributed by atoms with Gasteiger partial charge in [0.25, 0.3) is 0 Å².